The molecule has 1 N–H and O–H groups in total. The highest BCUT2D eigenvalue weighted by molar-refractivity contribution is 6.25. The summed E-state index contributed by atoms with van der Waals surface area (Å²) in [6.45, 7) is 5.89. The molecule has 2 heterocycles. The van der Waals surface area contributed by atoms with Crippen molar-refractivity contribution >= 4 is 28.8 Å². The van der Waals surface area contributed by atoms with Crippen molar-refractivity contribution in [2.24, 2.45) is 12.1 Å². The van der Waals surface area contributed by atoms with Gasteiger partial charge in [-0.1, -0.05) is 18.2 Å². The van der Waals surface area contributed by atoms with Gasteiger partial charge in [0, 0.05) is 24.2 Å². The van der Waals surface area contributed by atoms with Crippen LogP contribution in [0.4, 0.5) is 0 Å². The van der Waals surface area contributed by atoms with Crippen molar-refractivity contribution in [1.29, 1.82) is 0 Å². The Morgan fingerprint density at radius 2 is 2.14 bits per heavy atom. The second-order valence-corrected chi connectivity index (χ2v) is 5.75. The zero-order valence-corrected chi connectivity index (χ0v) is 13.2. The lowest BCUT2D eigenvalue weighted by Gasteiger charge is -2.08. The molecule has 0 bridgehead atoms. The number of aryl methyl sites for hydroxylation is 2. The van der Waals surface area contributed by atoms with Gasteiger partial charge < -0.3 is 9.30 Å². The minimum absolute atomic E-state index is 0.0374. The largest absolute Gasteiger partial charge is 0.473 e. The van der Waals surface area contributed by atoms with E-state index in [0.717, 1.165) is 16.5 Å². The molecule has 1 aliphatic heterocycles. The number of nitrogens with one attached hydrogen (secondary N) is 1. The molecule has 0 atom stereocenters. The predicted octanol–water partition coefficient (Wildman–Crippen LogP) is 2.74. The lowest BCUT2D eigenvalue weighted by molar-refractivity contribution is -0.116. The van der Waals surface area contributed by atoms with Crippen LogP contribution in [0.25, 0.3) is 17.0 Å². The van der Waals surface area contributed by atoms with Gasteiger partial charge in [0.05, 0.1) is 11.6 Å². The minimum Gasteiger partial charge on any atom is -0.473 e. The summed E-state index contributed by atoms with van der Waals surface area (Å²) in [5.41, 5.74) is 6.27. The van der Waals surface area contributed by atoms with Crippen LogP contribution in [0.3, 0.4) is 0 Å². The van der Waals surface area contributed by atoms with Crippen molar-refractivity contribution in [3.63, 3.8) is 0 Å². The molecule has 0 saturated carbocycles. The van der Waals surface area contributed by atoms with E-state index in [-0.39, 0.29) is 12.0 Å². The van der Waals surface area contributed by atoms with Crippen molar-refractivity contribution in [2.45, 2.75) is 26.9 Å². The van der Waals surface area contributed by atoms with Crippen LogP contribution in [-0.4, -0.2) is 22.5 Å². The van der Waals surface area contributed by atoms with Gasteiger partial charge in [0.25, 0.3) is 5.91 Å². The first-order chi connectivity index (χ1) is 10.5. The zero-order valence-electron chi connectivity index (χ0n) is 13.2. The number of hydrogen-bond acceptors (Lipinski definition) is 3. The standard InChI is InChI=1S/C17H19N3O2/c1-10(2)22-17-14(16(21)18-19-17)8-12-9-20(4)15-11(3)6-5-7-13(12)15/h5-10H,1-4H3,(H,18,21). The highest BCUT2D eigenvalue weighted by Crippen LogP contribution is 2.26. The summed E-state index contributed by atoms with van der Waals surface area (Å²) in [6, 6.07) is 6.16. The number of amides is 1. The summed E-state index contributed by atoms with van der Waals surface area (Å²) in [5.74, 6) is 0.116. The van der Waals surface area contributed by atoms with Gasteiger partial charge in [0.2, 0.25) is 5.90 Å². The van der Waals surface area contributed by atoms with Crippen molar-refractivity contribution in [1.82, 2.24) is 9.99 Å². The summed E-state index contributed by atoms with van der Waals surface area (Å²) in [4.78, 5) is 12.0. The van der Waals surface area contributed by atoms with Gasteiger partial charge in [-0.15, -0.1) is 5.10 Å². The van der Waals surface area contributed by atoms with E-state index >= 15 is 0 Å². The normalized spacial score (nSPS) is 16.5. The minimum atomic E-state index is -0.236. The van der Waals surface area contributed by atoms with E-state index in [1.807, 2.05) is 39.2 Å². The average Bonchev–Trinajstić information content (AvgIpc) is 2.94. The highest BCUT2D eigenvalue weighted by atomic mass is 16.5. The van der Waals surface area contributed by atoms with Gasteiger partial charge in [-0.25, -0.2) is 5.43 Å². The summed E-state index contributed by atoms with van der Waals surface area (Å²) in [5, 5.41) is 5.07. The number of hydrogen-bond donors (Lipinski definition) is 1. The molecular formula is C17H19N3O2. The molecule has 3 rings (SSSR count). The lowest BCUT2D eigenvalue weighted by atomic mass is 10.1. The monoisotopic (exact) mass is 297 g/mol. The Kier molecular flexibility index (Phi) is 3.48. The van der Waals surface area contributed by atoms with Gasteiger partial charge in [0.15, 0.2) is 0 Å². The Hall–Kier alpha value is -2.56. The molecule has 0 fully saturated rings. The maximum absolute atomic E-state index is 12.0. The van der Waals surface area contributed by atoms with Gasteiger partial charge in [-0.05, 0) is 32.4 Å². The van der Waals surface area contributed by atoms with Crippen molar-refractivity contribution in [2.75, 3.05) is 0 Å². The van der Waals surface area contributed by atoms with Gasteiger partial charge >= 0.3 is 0 Å². The molecule has 0 saturated heterocycles. The SMILES string of the molecule is Cc1cccc2c(C=C3C(=O)NN=C3OC(C)C)cn(C)c12. The van der Waals surface area contributed by atoms with Crippen LogP contribution in [0.5, 0.6) is 0 Å². The fourth-order valence-electron chi connectivity index (χ4n) is 2.73. The van der Waals surface area contributed by atoms with Gasteiger partial charge in [-0.3, -0.25) is 4.79 Å². The third-order valence-corrected chi connectivity index (χ3v) is 3.62. The second kappa shape index (κ2) is 5.33. The van der Waals surface area contributed by atoms with E-state index in [1.54, 1.807) is 0 Å². The van der Waals surface area contributed by atoms with E-state index in [2.05, 4.69) is 34.2 Å². The first kappa shape index (κ1) is 14.4. The smallest absolute Gasteiger partial charge is 0.277 e. The van der Waals surface area contributed by atoms with E-state index in [1.165, 1.54) is 5.56 Å². The van der Waals surface area contributed by atoms with E-state index in [0.29, 0.717) is 11.5 Å². The molecule has 0 spiro atoms. The van der Waals surface area contributed by atoms with Crippen LogP contribution < -0.4 is 5.43 Å². The highest BCUT2D eigenvalue weighted by Gasteiger charge is 2.25. The van der Waals surface area contributed by atoms with Crippen LogP contribution in [0.2, 0.25) is 0 Å². The first-order valence-electron chi connectivity index (χ1n) is 7.28. The van der Waals surface area contributed by atoms with Crippen LogP contribution in [0.15, 0.2) is 35.1 Å². The molecule has 2 aromatic rings. The quantitative estimate of drug-likeness (QED) is 0.867. The summed E-state index contributed by atoms with van der Waals surface area (Å²) in [7, 11) is 2.01. The predicted molar refractivity (Wildman–Crippen MR) is 87.4 cm³/mol. The fraction of sp³-hybridized carbons (Fsp3) is 0.294. The second-order valence-electron chi connectivity index (χ2n) is 5.75. The van der Waals surface area contributed by atoms with Crippen LogP contribution in [0.1, 0.15) is 25.0 Å². The number of nitrogens with zero attached hydrogens (tertiary/aromatic N) is 2. The maximum Gasteiger partial charge on any atom is 0.277 e. The average molecular weight is 297 g/mol. The van der Waals surface area contributed by atoms with Crippen molar-refractivity contribution in [3.05, 3.63) is 41.1 Å². The van der Waals surface area contributed by atoms with Crippen LogP contribution >= 0.6 is 0 Å². The number of rotatable bonds is 2. The molecule has 0 unspecified atom stereocenters. The lowest BCUT2D eigenvalue weighted by Crippen LogP contribution is -2.16. The number of carbonyl (C=O) groups excluding carboxylic acids is 1. The Balaban J connectivity index is 2.10. The van der Waals surface area contributed by atoms with E-state index in [4.69, 9.17) is 4.74 Å². The molecule has 5 heteroatoms. The number of para-hydroxylation sites is 1. The Bertz CT molecular complexity index is 813. The van der Waals surface area contributed by atoms with Gasteiger partial charge in [0.1, 0.15) is 5.57 Å². The zero-order chi connectivity index (χ0) is 15.9. The molecule has 1 aliphatic rings. The Morgan fingerprint density at radius 1 is 1.36 bits per heavy atom. The molecule has 5 nitrogen and oxygen atoms in total. The van der Waals surface area contributed by atoms with Crippen molar-refractivity contribution in [3.8, 4) is 0 Å². The Morgan fingerprint density at radius 3 is 2.86 bits per heavy atom. The summed E-state index contributed by atoms with van der Waals surface area (Å²) < 4.78 is 7.67. The van der Waals surface area contributed by atoms with Gasteiger partial charge in [-0.2, -0.15) is 0 Å². The van der Waals surface area contributed by atoms with E-state index < -0.39 is 0 Å². The Labute approximate surface area is 129 Å². The first-order valence-corrected chi connectivity index (χ1v) is 7.28. The molecule has 1 aromatic carbocycles. The molecule has 22 heavy (non-hydrogen) atoms. The van der Waals surface area contributed by atoms with Crippen LogP contribution in [0, 0.1) is 6.92 Å². The molecule has 114 valence electrons. The maximum atomic E-state index is 12.0. The van der Waals surface area contributed by atoms with Crippen LogP contribution in [-0.2, 0) is 16.6 Å². The molecule has 1 amide bonds. The number of hydrazone groups is 1. The molecule has 1 aromatic heterocycles. The third-order valence-electron chi connectivity index (χ3n) is 3.62. The third kappa shape index (κ3) is 2.39. The summed E-state index contributed by atoms with van der Waals surface area (Å²) >= 11 is 0. The number of ether oxygens (including phenoxy) is 1. The molecule has 0 aliphatic carbocycles. The number of aromatic nitrogens is 1. The molecular weight excluding hydrogens is 278 g/mol. The number of benzene rings is 1. The van der Waals surface area contributed by atoms with E-state index in [9.17, 15) is 4.79 Å². The number of carbonyl (C=O) groups is 1. The number of fused-ring (bicyclic) bond motifs is 1. The summed E-state index contributed by atoms with van der Waals surface area (Å²) in [6.07, 6.45) is 3.82. The topological polar surface area (TPSA) is 55.6 Å². The fourth-order valence-corrected chi connectivity index (χ4v) is 2.73. The van der Waals surface area contributed by atoms with Crippen molar-refractivity contribution < 1.29 is 9.53 Å². The molecule has 0 radical (unpaired) electrons.